The number of anilines is 3. The molecule has 0 aliphatic carbocycles. The van der Waals surface area contributed by atoms with Gasteiger partial charge in [0.1, 0.15) is 5.75 Å². The molecule has 23 heavy (non-hydrogen) atoms. The summed E-state index contributed by atoms with van der Waals surface area (Å²) in [7, 11) is 0. The Hall–Kier alpha value is -2.74. The minimum atomic E-state index is -1.70. The highest BCUT2D eigenvalue weighted by Gasteiger charge is 2.21. The third-order valence-corrected chi connectivity index (χ3v) is 4.32. The molecule has 0 bridgehead atoms. The molecule has 1 saturated heterocycles. The summed E-state index contributed by atoms with van der Waals surface area (Å²) in [5, 5.41) is 2.73. The number of benzene rings is 2. The van der Waals surface area contributed by atoms with Crippen LogP contribution in [0.2, 0.25) is 0 Å². The summed E-state index contributed by atoms with van der Waals surface area (Å²) in [5.41, 5.74) is 13.0. The molecule has 1 atom stereocenters. The molecule has 0 spiro atoms. The second-order valence-electron chi connectivity index (χ2n) is 5.03. The Labute approximate surface area is 135 Å². The number of nitrogens with one attached hydrogen (secondary N) is 1. The standard InChI is InChI=1S/C15H16N4O3S/c16-10-7-11(17)9-13(8-10)22-23(21)14-3-1-12(2-4-14)19-6-5-18-15(19)20/h1-4,7-9H,5-6,16-17H2,(H,18,20). The van der Waals surface area contributed by atoms with Crippen LogP contribution in [0, 0.1) is 0 Å². The van der Waals surface area contributed by atoms with E-state index in [2.05, 4.69) is 5.32 Å². The summed E-state index contributed by atoms with van der Waals surface area (Å²) in [5.74, 6) is 0.337. The van der Waals surface area contributed by atoms with Gasteiger partial charge in [0.25, 0.3) is 0 Å². The number of hydrogen-bond acceptors (Lipinski definition) is 5. The maximum absolute atomic E-state index is 12.2. The molecule has 1 unspecified atom stereocenters. The fourth-order valence-corrected chi connectivity index (χ4v) is 3.01. The maximum atomic E-state index is 12.2. The van der Waals surface area contributed by atoms with Crippen LogP contribution < -0.4 is 25.9 Å². The van der Waals surface area contributed by atoms with E-state index < -0.39 is 11.1 Å². The van der Waals surface area contributed by atoms with Crippen LogP contribution in [0.5, 0.6) is 5.75 Å². The topological polar surface area (TPSA) is 111 Å². The number of amides is 2. The Kier molecular flexibility index (Phi) is 4.07. The van der Waals surface area contributed by atoms with Crippen LogP contribution >= 0.6 is 0 Å². The molecule has 0 aromatic heterocycles. The molecule has 3 rings (SSSR count). The average molecular weight is 332 g/mol. The Balaban J connectivity index is 1.73. The summed E-state index contributed by atoms with van der Waals surface area (Å²) in [4.78, 5) is 13.7. The molecule has 0 saturated carbocycles. The lowest BCUT2D eigenvalue weighted by molar-refractivity contribution is 0.252. The van der Waals surface area contributed by atoms with Crippen molar-refractivity contribution < 1.29 is 13.2 Å². The highest BCUT2D eigenvalue weighted by atomic mass is 32.2. The Bertz CT molecular complexity index is 744. The van der Waals surface area contributed by atoms with Gasteiger partial charge in [-0.05, 0) is 30.3 Å². The molecule has 2 aromatic carbocycles. The molecule has 120 valence electrons. The zero-order valence-corrected chi connectivity index (χ0v) is 13.0. The van der Waals surface area contributed by atoms with Gasteiger partial charge in [-0.3, -0.25) is 4.90 Å². The van der Waals surface area contributed by atoms with Crippen LogP contribution in [0.4, 0.5) is 21.9 Å². The predicted molar refractivity (Wildman–Crippen MR) is 89.5 cm³/mol. The lowest BCUT2D eigenvalue weighted by atomic mass is 10.3. The number of nitrogen functional groups attached to an aromatic ring is 2. The van der Waals surface area contributed by atoms with Gasteiger partial charge in [0, 0.05) is 42.3 Å². The van der Waals surface area contributed by atoms with E-state index in [1.165, 1.54) is 0 Å². The molecule has 1 aliphatic rings. The van der Waals surface area contributed by atoms with Gasteiger partial charge in [-0.1, -0.05) is 0 Å². The molecule has 1 heterocycles. The highest BCUT2D eigenvalue weighted by Crippen LogP contribution is 2.24. The quantitative estimate of drug-likeness (QED) is 0.735. The van der Waals surface area contributed by atoms with E-state index in [1.54, 1.807) is 47.4 Å². The average Bonchev–Trinajstić information content (AvgIpc) is 2.92. The molecule has 1 aliphatic heterocycles. The van der Waals surface area contributed by atoms with Gasteiger partial charge < -0.3 is 21.0 Å². The van der Waals surface area contributed by atoms with E-state index in [4.69, 9.17) is 15.7 Å². The molecule has 2 amide bonds. The van der Waals surface area contributed by atoms with Gasteiger partial charge in [0.15, 0.2) is 0 Å². The van der Waals surface area contributed by atoms with E-state index in [9.17, 15) is 9.00 Å². The third kappa shape index (κ3) is 3.37. The fourth-order valence-electron chi connectivity index (χ4n) is 2.28. The number of carbonyl (C=O) groups excluding carboxylic acids is 1. The van der Waals surface area contributed by atoms with Crippen molar-refractivity contribution in [1.29, 1.82) is 0 Å². The normalized spacial score (nSPS) is 15.3. The first-order valence-corrected chi connectivity index (χ1v) is 8.02. The zero-order chi connectivity index (χ0) is 16.4. The van der Waals surface area contributed by atoms with Crippen molar-refractivity contribution in [1.82, 2.24) is 5.32 Å². The van der Waals surface area contributed by atoms with Gasteiger partial charge in [0.2, 0.25) is 11.1 Å². The molecular formula is C15H16N4O3S. The van der Waals surface area contributed by atoms with E-state index in [1.807, 2.05) is 0 Å². The first-order valence-electron chi connectivity index (χ1n) is 6.94. The minimum absolute atomic E-state index is 0.134. The fraction of sp³-hybridized carbons (Fsp3) is 0.133. The lowest BCUT2D eigenvalue weighted by Gasteiger charge is -2.14. The predicted octanol–water partition coefficient (Wildman–Crippen LogP) is 1.48. The van der Waals surface area contributed by atoms with Crippen LogP contribution in [0.25, 0.3) is 0 Å². The third-order valence-electron chi connectivity index (χ3n) is 3.32. The number of nitrogens with two attached hydrogens (primary N) is 2. The summed E-state index contributed by atoms with van der Waals surface area (Å²) in [6, 6.07) is 11.3. The van der Waals surface area contributed by atoms with Crippen molar-refractivity contribution in [3.8, 4) is 5.75 Å². The molecule has 5 N–H and O–H groups in total. The monoisotopic (exact) mass is 332 g/mol. The molecule has 8 heteroatoms. The number of nitrogens with zero attached hydrogens (tertiary/aromatic N) is 1. The van der Waals surface area contributed by atoms with Crippen molar-refractivity contribution in [3.63, 3.8) is 0 Å². The second-order valence-corrected chi connectivity index (χ2v) is 6.14. The zero-order valence-electron chi connectivity index (χ0n) is 12.2. The van der Waals surface area contributed by atoms with Gasteiger partial charge in [-0.15, -0.1) is 0 Å². The summed E-state index contributed by atoms with van der Waals surface area (Å²) >= 11 is -1.70. The molecule has 2 aromatic rings. The van der Waals surface area contributed by atoms with Crippen molar-refractivity contribution in [2.45, 2.75) is 4.90 Å². The molecule has 0 radical (unpaired) electrons. The van der Waals surface area contributed by atoms with Crippen molar-refractivity contribution in [2.24, 2.45) is 0 Å². The smallest absolute Gasteiger partial charge is 0.321 e. The number of urea groups is 1. The first kappa shape index (κ1) is 15.2. The van der Waals surface area contributed by atoms with Crippen molar-refractivity contribution in [3.05, 3.63) is 42.5 Å². The number of rotatable bonds is 4. The van der Waals surface area contributed by atoms with Crippen molar-refractivity contribution in [2.75, 3.05) is 29.5 Å². The Morgan fingerprint density at radius 1 is 1.09 bits per heavy atom. The molecule has 1 fully saturated rings. The van der Waals surface area contributed by atoms with Gasteiger partial charge in [-0.2, -0.15) is 0 Å². The van der Waals surface area contributed by atoms with E-state index in [0.717, 1.165) is 5.69 Å². The van der Waals surface area contributed by atoms with Gasteiger partial charge in [0.05, 0.1) is 4.90 Å². The van der Waals surface area contributed by atoms with Crippen LogP contribution in [-0.4, -0.2) is 23.3 Å². The SMILES string of the molecule is Nc1cc(N)cc(OS(=O)c2ccc(N3CCNC3=O)cc2)c1. The van der Waals surface area contributed by atoms with Crippen LogP contribution in [-0.2, 0) is 11.1 Å². The summed E-state index contributed by atoms with van der Waals surface area (Å²) < 4.78 is 17.6. The van der Waals surface area contributed by atoms with Crippen molar-refractivity contribution >= 4 is 34.2 Å². The lowest BCUT2D eigenvalue weighted by Crippen LogP contribution is -2.27. The second kappa shape index (κ2) is 6.17. The molecule has 7 nitrogen and oxygen atoms in total. The largest absolute Gasteiger partial charge is 0.399 e. The van der Waals surface area contributed by atoms with Gasteiger partial charge >= 0.3 is 6.03 Å². The Morgan fingerprint density at radius 3 is 2.30 bits per heavy atom. The summed E-state index contributed by atoms with van der Waals surface area (Å²) in [6.45, 7) is 1.23. The number of carbonyl (C=O) groups is 1. The van der Waals surface area contributed by atoms with Crippen LogP contribution in [0.1, 0.15) is 0 Å². The number of hydrogen-bond donors (Lipinski definition) is 3. The summed E-state index contributed by atoms with van der Waals surface area (Å²) in [6.07, 6.45) is 0. The maximum Gasteiger partial charge on any atom is 0.321 e. The van der Waals surface area contributed by atoms with Crippen LogP contribution in [0.15, 0.2) is 47.4 Å². The Morgan fingerprint density at radius 2 is 1.74 bits per heavy atom. The minimum Gasteiger partial charge on any atom is -0.399 e. The first-order chi connectivity index (χ1) is 11.0. The van der Waals surface area contributed by atoms with Gasteiger partial charge in [-0.25, -0.2) is 9.00 Å². The van der Waals surface area contributed by atoms with E-state index >= 15 is 0 Å². The van der Waals surface area contributed by atoms with E-state index in [0.29, 0.717) is 35.1 Å². The molecular weight excluding hydrogens is 316 g/mol. The van der Waals surface area contributed by atoms with E-state index in [-0.39, 0.29) is 6.03 Å². The van der Waals surface area contributed by atoms with Crippen LogP contribution in [0.3, 0.4) is 0 Å². The highest BCUT2D eigenvalue weighted by molar-refractivity contribution is 7.80.